The summed E-state index contributed by atoms with van der Waals surface area (Å²) in [5, 5.41) is 2.82. The van der Waals surface area contributed by atoms with Crippen LogP contribution in [0.1, 0.15) is 44.6 Å². The largest absolute Gasteiger partial charge is 0.416 e. The minimum Gasteiger partial charge on any atom is -0.352 e. The molecule has 0 spiro atoms. The monoisotopic (exact) mass is 376 g/mol. The van der Waals surface area contributed by atoms with Crippen molar-refractivity contribution in [3.8, 4) is 0 Å². The van der Waals surface area contributed by atoms with Crippen molar-refractivity contribution in [2.75, 3.05) is 11.4 Å². The average molecular weight is 377 g/mol. The third-order valence-corrected chi connectivity index (χ3v) is 4.54. The molecule has 0 aromatic heterocycles. The van der Waals surface area contributed by atoms with Gasteiger partial charge >= 0.3 is 6.18 Å². The zero-order valence-corrected chi connectivity index (χ0v) is 14.6. The number of hydrogen-bond donors (Lipinski definition) is 1. The first-order valence-electron chi connectivity index (χ1n) is 8.12. The molecule has 0 aliphatic heterocycles. The van der Waals surface area contributed by atoms with Crippen molar-refractivity contribution in [1.29, 1.82) is 0 Å². The number of nitrogens with zero attached hydrogens (tertiary/aromatic N) is 1. The zero-order chi connectivity index (χ0) is 18.6. The van der Waals surface area contributed by atoms with Gasteiger partial charge in [-0.05, 0) is 31.0 Å². The van der Waals surface area contributed by atoms with Crippen molar-refractivity contribution >= 4 is 29.1 Å². The number of amides is 2. The molecule has 1 aromatic carbocycles. The van der Waals surface area contributed by atoms with Gasteiger partial charge in [0.1, 0.15) is 6.54 Å². The van der Waals surface area contributed by atoms with E-state index in [0.717, 1.165) is 55.2 Å². The molecule has 4 nitrogen and oxygen atoms in total. The van der Waals surface area contributed by atoms with E-state index in [1.54, 1.807) is 0 Å². The van der Waals surface area contributed by atoms with Crippen LogP contribution in [0.3, 0.4) is 0 Å². The van der Waals surface area contributed by atoms with Gasteiger partial charge in [-0.15, -0.1) is 0 Å². The number of alkyl halides is 3. The number of carbonyl (C=O) groups excluding carboxylic acids is 2. The molecule has 0 unspecified atom stereocenters. The van der Waals surface area contributed by atoms with Crippen molar-refractivity contribution in [2.24, 2.45) is 0 Å². The van der Waals surface area contributed by atoms with Gasteiger partial charge in [-0.25, -0.2) is 0 Å². The van der Waals surface area contributed by atoms with Crippen LogP contribution < -0.4 is 10.2 Å². The van der Waals surface area contributed by atoms with Crippen molar-refractivity contribution in [1.82, 2.24) is 5.32 Å². The van der Waals surface area contributed by atoms with Gasteiger partial charge in [-0.2, -0.15) is 13.2 Å². The SMILES string of the molecule is CC(=O)N(CC(=O)NC1CCCCC1)c1cc(C(F)(F)F)ccc1Cl. The molecule has 8 heteroatoms. The highest BCUT2D eigenvalue weighted by Gasteiger charge is 2.32. The van der Waals surface area contributed by atoms with Gasteiger partial charge in [-0.1, -0.05) is 30.9 Å². The highest BCUT2D eigenvalue weighted by molar-refractivity contribution is 6.34. The number of rotatable bonds is 4. The van der Waals surface area contributed by atoms with Gasteiger partial charge in [0.15, 0.2) is 0 Å². The molecule has 1 fully saturated rings. The van der Waals surface area contributed by atoms with Crippen LogP contribution in [-0.2, 0) is 15.8 Å². The highest BCUT2D eigenvalue weighted by atomic mass is 35.5. The van der Waals surface area contributed by atoms with E-state index in [1.165, 1.54) is 6.92 Å². The molecule has 2 amide bonds. The van der Waals surface area contributed by atoms with Gasteiger partial charge in [0.25, 0.3) is 0 Å². The number of hydrogen-bond acceptors (Lipinski definition) is 2. The lowest BCUT2D eigenvalue weighted by Gasteiger charge is -2.26. The Morgan fingerprint density at radius 1 is 1.24 bits per heavy atom. The van der Waals surface area contributed by atoms with Gasteiger partial charge in [0.2, 0.25) is 11.8 Å². The van der Waals surface area contributed by atoms with Crippen molar-refractivity contribution in [3.63, 3.8) is 0 Å². The summed E-state index contributed by atoms with van der Waals surface area (Å²) in [5.74, 6) is -0.962. The maximum absolute atomic E-state index is 12.9. The Balaban J connectivity index is 2.17. The summed E-state index contributed by atoms with van der Waals surface area (Å²) < 4.78 is 38.7. The van der Waals surface area contributed by atoms with Gasteiger partial charge in [0, 0.05) is 13.0 Å². The molecular weight excluding hydrogens is 357 g/mol. The number of anilines is 1. The third-order valence-electron chi connectivity index (χ3n) is 4.22. The lowest BCUT2D eigenvalue weighted by Crippen LogP contribution is -2.44. The Bertz CT molecular complexity index is 643. The minimum atomic E-state index is -4.56. The summed E-state index contributed by atoms with van der Waals surface area (Å²) in [4.78, 5) is 25.1. The fraction of sp³-hybridized carbons (Fsp3) is 0.529. The minimum absolute atomic E-state index is 0.0198. The van der Waals surface area contributed by atoms with E-state index >= 15 is 0 Å². The molecule has 1 aliphatic rings. The molecule has 1 aliphatic carbocycles. The summed E-state index contributed by atoms with van der Waals surface area (Å²) in [6.45, 7) is 0.817. The fourth-order valence-corrected chi connectivity index (χ4v) is 3.15. The molecular formula is C17H20ClF3N2O2. The van der Waals surface area contributed by atoms with E-state index < -0.39 is 23.6 Å². The topological polar surface area (TPSA) is 49.4 Å². The molecule has 138 valence electrons. The smallest absolute Gasteiger partial charge is 0.352 e. The lowest BCUT2D eigenvalue weighted by molar-refractivity contribution is -0.137. The highest BCUT2D eigenvalue weighted by Crippen LogP contribution is 2.35. The summed E-state index contributed by atoms with van der Waals surface area (Å²) in [6.07, 6.45) is 0.367. The normalized spacial score (nSPS) is 15.7. The van der Waals surface area contributed by atoms with E-state index in [0.29, 0.717) is 0 Å². The van der Waals surface area contributed by atoms with E-state index in [2.05, 4.69) is 5.32 Å². The molecule has 1 saturated carbocycles. The molecule has 0 radical (unpaired) electrons. The number of nitrogens with one attached hydrogen (secondary N) is 1. The number of halogens is 4. The standard InChI is InChI=1S/C17H20ClF3N2O2/c1-11(24)23(10-16(25)22-13-5-3-2-4-6-13)15-9-12(17(19,20)21)7-8-14(15)18/h7-9,13H,2-6,10H2,1H3,(H,22,25). The van der Waals surface area contributed by atoms with Crippen LogP contribution in [0.25, 0.3) is 0 Å². The van der Waals surface area contributed by atoms with E-state index in [9.17, 15) is 22.8 Å². The summed E-state index contributed by atoms with van der Waals surface area (Å²) in [5.41, 5.74) is -1.05. The van der Waals surface area contributed by atoms with Crippen LogP contribution in [0.4, 0.5) is 18.9 Å². The molecule has 0 atom stereocenters. The Labute approximate surface area is 149 Å². The zero-order valence-electron chi connectivity index (χ0n) is 13.8. The first-order valence-corrected chi connectivity index (χ1v) is 8.50. The Hall–Kier alpha value is -1.76. The molecule has 0 saturated heterocycles. The maximum Gasteiger partial charge on any atom is 0.416 e. The van der Waals surface area contributed by atoms with Crippen molar-refractivity contribution in [2.45, 2.75) is 51.2 Å². The first kappa shape index (κ1) is 19.6. The summed E-state index contributed by atoms with van der Waals surface area (Å²) in [6, 6.07) is 2.76. The first-order chi connectivity index (χ1) is 11.7. The Kier molecular flexibility index (Phi) is 6.32. The predicted molar refractivity (Wildman–Crippen MR) is 89.5 cm³/mol. The second-order valence-corrected chi connectivity index (χ2v) is 6.58. The molecule has 0 heterocycles. The van der Waals surface area contributed by atoms with Crippen LogP contribution in [0.2, 0.25) is 5.02 Å². The van der Waals surface area contributed by atoms with Crippen LogP contribution in [-0.4, -0.2) is 24.4 Å². The average Bonchev–Trinajstić information content (AvgIpc) is 2.53. The second kappa shape index (κ2) is 8.08. The number of carbonyl (C=O) groups is 2. The van der Waals surface area contributed by atoms with Gasteiger partial charge < -0.3 is 10.2 Å². The Morgan fingerprint density at radius 3 is 2.44 bits per heavy atom. The van der Waals surface area contributed by atoms with E-state index in [4.69, 9.17) is 11.6 Å². The predicted octanol–water partition coefficient (Wildman–Crippen LogP) is 4.16. The maximum atomic E-state index is 12.9. The molecule has 1 N–H and O–H groups in total. The van der Waals surface area contributed by atoms with Crippen molar-refractivity contribution < 1.29 is 22.8 Å². The van der Waals surface area contributed by atoms with Gasteiger partial charge in [0.05, 0.1) is 16.3 Å². The lowest BCUT2D eigenvalue weighted by atomic mass is 9.95. The quantitative estimate of drug-likeness (QED) is 0.857. The van der Waals surface area contributed by atoms with Crippen LogP contribution in [0.5, 0.6) is 0 Å². The third kappa shape index (κ3) is 5.36. The van der Waals surface area contributed by atoms with E-state index in [1.807, 2.05) is 0 Å². The summed E-state index contributed by atoms with van der Waals surface area (Å²) in [7, 11) is 0. The van der Waals surface area contributed by atoms with E-state index in [-0.39, 0.29) is 23.3 Å². The molecule has 25 heavy (non-hydrogen) atoms. The van der Waals surface area contributed by atoms with Gasteiger partial charge in [-0.3, -0.25) is 9.59 Å². The second-order valence-electron chi connectivity index (χ2n) is 6.17. The molecule has 0 bridgehead atoms. The molecule has 2 rings (SSSR count). The molecule has 1 aromatic rings. The summed E-state index contributed by atoms with van der Waals surface area (Å²) >= 11 is 5.97. The van der Waals surface area contributed by atoms with Crippen LogP contribution >= 0.6 is 11.6 Å². The van der Waals surface area contributed by atoms with Crippen molar-refractivity contribution in [3.05, 3.63) is 28.8 Å². The number of benzene rings is 1. The van der Waals surface area contributed by atoms with Crippen LogP contribution in [0.15, 0.2) is 18.2 Å². The van der Waals surface area contributed by atoms with Crippen LogP contribution in [0, 0.1) is 0 Å². The Morgan fingerprint density at radius 2 is 1.88 bits per heavy atom. The fourth-order valence-electron chi connectivity index (χ4n) is 2.93.